The smallest absolute Gasteiger partial charge is 0.256 e. The minimum atomic E-state index is -0.185. The number of thioether (sulfide) groups is 1. The predicted octanol–water partition coefficient (Wildman–Crippen LogP) is 4.32. The summed E-state index contributed by atoms with van der Waals surface area (Å²) in [4.78, 5) is 13.3. The molecule has 0 spiro atoms. The van der Waals surface area contributed by atoms with E-state index in [-0.39, 0.29) is 5.91 Å². The van der Waals surface area contributed by atoms with E-state index < -0.39 is 0 Å². The second kappa shape index (κ2) is 6.68. The van der Waals surface area contributed by atoms with Crippen LogP contribution in [0.3, 0.4) is 0 Å². The Bertz CT molecular complexity index is 631. The number of nitrogens with one attached hydrogen (secondary N) is 1. The Hall–Kier alpha value is -1.65. The molecule has 0 aliphatic rings. The molecule has 104 valence electrons. The lowest BCUT2D eigenvalue weighted by Crippen LogP contribution is -2.13. The number of benzene rings is 2. The summed E-state index contributed by atoms with van der Waals surface area (Å²) in [6, 6.07) is 12.5. The molecule has 2 aromatic rings. The number of hydrogen-bond acceptors (Lipinski definition) is 3. The summed E-state index contributed by atoms with van der Waals surface area (Å²) in [5.74, 6) is 0.389. The lowest BCUT2D eigenvalue weighted by molar-refractivity contribution is 0.102. The standard InChI is InChI=1S/C15H14ClNO2S/c1-19-13-8-7-10(16)9-12(13)17-15(18)11-5-3-4-6-14(11)20-2/h3-9H,1-2H3,(H,17,18). The van der Waals surface area contributed by atoms with Crippen LogP contribution in [0, 0.1) is 0 Å². The fourth-order valence-electron chi connectivity index (χ4n) is 1.80. The third kappa shape index (κ3) is 3.26. The van der Waals surface area contributed by atoms with Crippen molar-refractivity contribution in [3.05, 3.63) is 53.1 Å². The van der Waals surface area contributed by atoms with Gasteiger partial charge in [0.05, 0.1) is 18.4 Å². The molecule has 2 rings (SSSR count). The molecule has 0 aliphatic carbocycles. The molecule has 1 N–H and O–H groups in total. The number of halogens is 1. The zero-order chi connectivity index (χ0) is 14.5. The van der Waals surface area contributed by atoms with Crippen LogP contribution in [0.1, 0.15) is 10.4 Å². The van der Waals surface area contributed by atoms with Crippen LogP contribution in [-0.4, -0.2) is 19.3 Å². The highest BCUT2D eigenvalue weighted by molar-refractivity contribution is 7.98. The van der Waals surface area contributed by atoms with E-state index in [2.05, 4.69) is 5.32 Å². The van der Waals surface area contributed by atoms with Gasteiger partial charge in [0, 0.05) is 9.92 Å². The maximum Gasteiger partial charge on any atom is 0.256 e. The van der Waals surface area contributed by atoms with E-state index >= 15 is 0 Å². The Balaban J connectivity index is 2.30. The summed E-state index contributed by atoms with van der Waals surface area (Å²) in [5.41, 5.74) is 1.18. The molecule has 0 atom stereocenters. The van der Waals surface area contributed by atoms with Gasteiger partial charge in [-0.25, -0.2) is 0 Å². The van der Waals surface area contributed by atoms with E-state index in [0.717, 1.165) is 4.90 Å². The second-order valence-corrected chi connectivity index (χ2v) is 5.28. The molecule has 0 saturated heterocycles. The molecule has 3 nitrogen and oxygen atoms in total. The van der Waals surface area contributed by atoms with Gasteiger partial charge in [0.1, 0.15) is 5.75 Å². The Labute approximate surface area is 127 Å². The van der Waals surface area contributed by atoms with E-state index in [4.69, 9.17) is 16.3 Å². The SMILES string of the molecule is COc1ccc(Cl)cc1NC(=O)c1ccccc1SC. The minimum absolute atomic E-state index is 0.185. The number of ether oxygens (including phenoxy) is 1. The largest absolute Gasteiger partial charge is 0.495 e. The van der Waals surface area contributed by atoms with Crippen LogP contribution in [0.4, 0.5) is 5.69 Å². The Morgan fingerprint density at radius 2 is 2.00 bits per heavy atom. The number of hydrogen-bond donors (Lipinski definition) is 1. The molecule has 0 saturated carbocycles. The van der Waals surface area contributed by atoms with Gasteiger partial charge in [0.25, 0.3) is 5.91 Å². The van der Waals surface area contributed by atoms with Crippen molar-refractivity contribution in [2.24, 2.45) is 0 Å². The first-order valence-electron chi connectivity index (χ1n) is 5.93. The average Bonchev–Trinajstić information content (AvgIpc) is 2.47. The van der Waals surface area contributed by atoms with E-state index in [9.17, 15) is 4.79 Å². The van der Waals surface area contributed by atoms with Crippen LogP contribution in [0.15, 0.2) is 47.4 Å². The molecule has 0 fully saturated rings. The number of anilines is 1. The first-order valence-corrected chi connectivity index (χ1v) is 7.54. The topological polar surface area (TPSA) is 38.3 Å². The van der Waals surface area contributed by atoms with Crippen molar-refractivity contribution in [1.82, 2.24) is 0 Å². The van der Waals surface area contributed by atoms with Crippen molar-refractivity contribution in [3.8, 4) is 5.75 Å². The molecule has 0 aliphatic heterocycles. The molecule has 0 bridgehead atoms. The summed E-state index contributed by atoms with van der Waals surface area (Å²) in [6.07, 6.45) is 1.94. The lowest BCUT2D eigenvalue weighted by atomic mass is 10.2. The van der Waals surface area contributed by atoms with Crippen molar-refractivity contribution in [1.29, 1.82) is 0 Å². The van der Waals surface area contributed by atoms with Crippen molar-refractivity contribution < 1.29 is 9.53 Å². The highest BCUT2D eigenvalue weighted by Gasteiger charge is 2.13. The monoisotopic (exact) mass is 307 g/mol. The maximum atomic E-state index is 12.4. The normalized spacial score (nSPS) is 10.2. The molecule has 0 unspecified atom stereocenters. The van der Waals surface area contributed by atoms with Crippen LogP contribution in [0.2, 0.25) is 5.02 Å². The summed E-state index contributed by atoms with van der Waals surface area (Å²) < 4.78 is 5.22. The van der Waals surface area contributed by atoms with Gasteiger partial charge in [-0.3, -0.25) is 4.79 Å². The molecular weight excluding hydrogens is 294 g/mol. The first kappa shape index (κ1) is 14.8. The van der Waals surface area contributed by atoms with Gasteiger partial charge in [-0.2, -0.15) is 0 Å². The van der Waals surface area contributed by atoms with Crippen LogP contribution in [-0.2, 0) is 0 Å². The summed E-state index contributed by atoms with van der Waals surface area (Å²) in [7, 11) is 1.55. The van der Waals surface area contributed by atoms with Gasteiger partial charge in [0.15, 0.2) is 0 Å². The lowest BCUT2D eigenvalue weighted by Gasteiger charge is -2.12. The Morgan fingerprint density at radius 3 is 2.70 bits per heavy atom. The summed E-state index contributed by atoms with van der Waals surface area (Å²) in [6.45, 7) is 0. The van der Waals surface area contributed by atoms with Gasteiger partial charge >= 0.3 is 0 Å². The second-order valence-electron chi connectivity index (χ2n) is 4.00. The minimum Gasteiger partial charge on any atom is -0.495 e. The third-order valence-corrected chi connectivity index (χ3v) is 3.79. The third-order valence-electron chi connectivity index (χ3n) is 2.76. The van der Waals surface area contributed by atoms with E-state index in [1.54, 1.807) is 31.4 Å². The molecule has 20 heavy (non-hydrogen) atoms. The van der Waals surface area contributed by atoms with Crippen LogP contribution < -0.4 is 10.1 Å². The van der Waals surface area contributed by atoms with Crippen LogP contribution >= 0.6 is 23.4 Å². The van der Waals surface area contributed by atoms with Gasteiger partial charge < -0.3 is 10.1 Å². The molecule has 5 heteroatoms. The molecule has 0 radical (unpaired) electrons. The number of amides is 1. The van der Waals surface area contributed by atoms with Gasteiger partial charge in [-0.05, 0) is 36.6 Å². The number of carbonyl (C=O) groups is 1. The van der Waals surface area contributed by atoms with Crippen molar-refractivity contribution >= 4 is 35.0 Å². The fraction of sp³-hybridized carbons (Fsp3) is 0.133. The van der Waals surface area contributed by atoms with Crippen LogP contribution in [0.25, 0.3) is 0 Å². The van der Waals surface area contributed by atoms with Gasteiger partial charge in [-0.1, -0.05) is 23.7 Å². The highest BCUT2D eigenvalue weighted by atomic mass is 35.5. The molecule has 2 aromatic carbocycles. The zero-order valence-electron chi connectivity index (χ0n) is 11.1. The maximum absolute atomic E-state index is 12.4. The molecule has 0 heterocycles. The van der Waals surface area contributed by atoms with Crippen LogP contribution in [0.5, 0.6) is 5.75 Å². The Morgan fingerprint density at radius 1 is 1.25 bits per heavy atom. The van der Waals surface area contributed by atoms with Gasteiger partial charge in [0.2, 0.25) is 0 Å². The van der Waals surface area contributed by atoms with Crippen molar-refractivity contribution in [2.75, 3.05) is 18.7 Å². The summed E-state index contributed by atoms with van der Waals surface area (Å²) in [5, 5.41) is 3.37. The zero-order valence-corrected chi connectivity index (χ0v) is 12.7. The average molecular weight is 308 g/mol. The quantitative estimate of drug-likeness (QED) is 0.855. The fourth-order valence-corrected chi connectivity index (χ4v) is 2.57. The number of carbonyl (C=O) groups excluding carboxylic acids is 1. The Kier molecular flexibility index (Phi) is 4.93. The number of rotatable bonds is 4. The molecule has 0 aromatic heterocycles. The summed E-state index contributed by atoms with van der Waals surface area (Å²) >= 11 is 7.48. The highest BCUT2D eigenvalue weighted by Crippen LogP contribution is 2.29. The predicted molar refractivity (Wildman–Crippen MR) is 84.2 cm³/mol. The first-order chi connectivity index (χ1) is 9.65. The van der Waals surface area contributed by atoms with Crippen molar-refractivity contribution in [3.63, 3.8) is 0 Å². The number of methoxy groups -OCH3 is 1. The van der Waals surface area contributed by atoms with E-state index in [0.29, 0.717) is 22.0 Å². The van der Waals surface area contributed by atoms with E-state index in [1.165, 1.54) is 11.8 Å². The molecule has 1 amide bonds. The molecular formula is C15H14ClNO2S. The van der Waals surface area contributed by atoms with Crippen molar-refractivity contribution in [2.45, 2.75) is 4.90 Å². The van der Waals surface area contributed by atoms with Gasteiger partial charge in [-0.15, -0.1) is 11.8 Å². The van der Waals surface area contributed by atoms with E-state index in [1.807, 2.05) is 24.5 Å².